The first-order chi connectivity index (χ1) is 13.4. The molecule has 146 valence electrons. The van der Waals surface area contributed by atoms with E-state index in [9.17, 15) is 13.2 Å². The Hall–Kier alpha value is -3.36. The third-order valence-electron chi connectivity index (χ3n) is 3.68. The van der Waals surface area contributed by atoms with Crippen molar-refractivity contribution in [3.05, 3.63) is 54.1 Å². The first kappa shape index (κ1) is 19.4. The van der Waals surface area contributed by atoms with Gasteiger partial charge in [-0.1, -0.05) is 6.07 Å². The number of hydrogen-bond donors (Lipinski definition) is 1. The quantitative estimate of drug-likeness (QED) is 0.658. The minimum absolute atomic E-state index is 0.0674. The van der Waals surface area contributed by atoms with Crippen molar-refractivity contribution < 1.29 is 22.6 Å². The third-order valence-corrected chi connectivity index (χ3v) is 3.68. The molecule has 0 atom stereocenters. The Morgan fingerprint density at radius 2 is 1.75 bits per heavy atom. The Labute approximate surface area is 159 Å². The summed E-state index contributed by atoms with van der Waals surface area (Å²) in [6.07, 6.45) is -4.44. The van der Waals surface area contributed by atoms with E-state index in [4.69, 9.17) is 9.47 Å². The molecule has 28 heavy (non-hydrogen) atoms. The van der Waals surface area contributed by atoms with Gasteiger partial charge in [0.15, 0.2) is 5.82 Å². The van der Waals surface area contributed by atoms with Gasteiger partial charge in [0.05, 0.1) is 19.3 Å². The second kappa shape index (κ2) is 8.12. The van der Waals surface area contributed by atoms with Crippen molar-refractivity contribution in [1.29, 1.82) is 0 Å². The first-order valence-corrected chi connectivity index (χ1v) is 8.36. The molecule has 1 aromatic heterocycles. The van der Waals surface area contributed by atoms with Gasteiger partial charge in [0, 0.05) is 11.3 Å². The number of rotatable bonds is 6. The molecule has 6 nitrogen and oxygen atoms in total. The lowest BCUT2D eigenvalue weighted by molar-refractivity contribution is -0.137. The fourth-order valence-corrected chi connectivity index (χ4v) is 2.38. The molecule has 0 radical (unpaired) electrons. The number of methoxy groups -OCH3 is 1. The van der Waals surface area contributed by atoms with Crippen LogP contribution in [-0.4, -0.2) is 28.7 Å². The van der Waals surface area contributed by atoms with E-state index in [0.717, 1.165) is 12.1 Å². The molecule has 1 N–H and O–H groups in total. The average molecular weight is 390 g/mol. The predicted octanol–water partition coefficient (Wildman–Crippen LogP) is 4.71. The van der Waals surface area contributed by atoms with Crippen molar-refractivity contribution >= 4 is 11.6 Å². The van der Waals surface area contributed by atoms with Gasteiger partial charge in [0.2, 0.25) is 5.95 Å². The fourth-order valence-electron chi connectivity index (χ4n) is 2.38. The van der Waals surface area contributed by atoms with Crippen LogP contribution in [0, 0.1) is 0 Å². The van der Waals surface area contributed by atoms with Crippen LogP contribution in [0.5, 0.6) is 11.8 Å². The summed E-state index contributed by atoms with van der Waals surface area (Å²) < 4.78 is 49.2. The zero-order valence-corrected chi connectivity index (χ0v) is 15.1. The Kier molecular flexibility index (Phi) is 5.62. The highest BCUT2D eigenvalue weighted by molar-refractivity contribution is 5.60. The molecule has 3 aromatic rings. The van der Waals surface area contributed by atoms with Crippen molar-refractivity contribution in [2.75, 3.05) is 19.0 Å². The van der Waals surface area contributed by atoms with Crippen LogP contribution in [0.4, 0.5) is 24.8 Å². The summed E-state index contributed by atoms with van der Waals surface area (Å²) in [6, 6.07) is 11.9. The lowest BCUT2D eigenvalue weighted by atomic mass is 10.2. The van der Waals surface area contributed by atoms with Crippen LogP contribution < -0.4 is 14.8 Å². The maximum Gasteiger partial charge on any atom is 0.416 e. The standard InChI is InChI=1S/C19H17F3N4O2/c1-3-28-18-25-16(12-7-9-15(27-2)10-8-12)24-17(26-18)23-14-6-4-5-13(11-14)19(20,21)22/h4-11H,3H2,1-2H3,(H,23,24,25,26). The molecule has 2 aromatic carbocycles. The number of anilines is 2. The Morgan fingerprint density at radius 3 is 2.39 bits per heavy atom. The lowest BCUT2D eigenvalue weighted by Gasteiger charge is -2.11. The highest BCUT2D eigenvalue weighted by atomic mass is 19.4. The summed E-state index contributed by atoms with van der Waals surface area (Å²) in [4.78, 5) is 12.6. The normalized spacial score (nSPS) is 11.2. The summed E-state index contributed by atoms with van der Waals surface area (Å²) in [5, 5.41) is 2.78. The van der Waals surface area contributed by atoms with Gasteiger partial charge in [-0.2, -0.15) is 28.1 Å². The van der Waals surface area contributed by atoms with E-state index in [-0.39, 0.29) is 17.6 Å². The molecule has 0 bridgehead atoms. The number of benzene rings is 2. The lowest BCUT2D eigenvalue weighted by Crippen LogP contribution is -2.07. The predicted molar refractivity (Wildman–Crippen MR) is 97.7 cm³/mol. The number of aromatic nitrogens is 3. The maximum absolute atomic E-state index is 12.9. The van der Waals surface area contributed by atoms with Gasteiger partial charge in [-0.3, -0.25) is 0 Å². The molecule has 0 aliphatic heterocycles. The molecule has 0 fully saturated rings. The highest BCUT2D eigenvalue weighted by Gasteiger charge is 2.30. The maximum atomic E-state index is 12.9. The molecule has 1 heterocycles. The Morgan fingerprint density at radius 1 is 1.00 bits per heavy atom. The van der Waals surface area contributed by atoms with Crippen molar-refractivity contribution in [3.63, 3.8) is 0 Å². The van der Waals surface area contributed by atoms with Crippen molar-refractivity contribution in [1.82, 2.24) is 15.0 Å². The Bertz CT molecular complexity index is 947. The van der Waals surface area contributed by atoms with Gasteiger partial charge in [-0.05, 0) is 49.4 Å². The topological polar surface area (TPSA) is 69.2 Å². The van der Waals surface area contributed by atoms with Crippen LogP contribution in [0.1, 0.15) is 12.5 Å². The van der Waals surface area contributed by atoms with Crippen molar-refractivity contribution in [2.24, 2.45) is 0 Å². The van der Waals surface area contributed by atoms with Gasteiger partial charge in [0.1, 0.15) is 5.75 Å². The van der Waals surface area contributed by atoms with Crippen molar-refractivity contribution in [2.45, 2.75) is 13.1 Å². The summed E-state index contributed by atoms with van der Waals surface area (Å²) in [7, 11) is 1.56. The SMILES string of the molecule is CCOc1nc(Nc2cccc(C(F)(F)F)c2)nc(-c2ccc(OC)cc2)n1. The second-order valence-corrected chi connectivity index (χ2v) is 5.63. The van der Waals surface area contributed by atoms with Gasteiger partial charge in [-0.25, -0.2) is 0 Å². The number of hydrogen-bond acceptors (Lipinski definition) is 6. The monoisotopic (exact) mass is 390 g/mol. The van der Waals surface area contributed by atoms with Crippen molar-refractivity contribution in [3.8, 4) is 23.1 Å². The summed E-state index contributed by atoms with van der Waals surface area (Å²) in [6.45, 7) is 2.10. The van der Waals surface area contributed by atoms with Crippen LogP contribution in [0.25, 0.3) is 11.4 Å². The van der Waals surface area contributed by atoms with Crippen LogP contribution in [0.2, 0.25) is 0 Å². The van der Waals surface area contributed by atoms with Crippen LogP contribution in [-0.2, 0) is 6.18 Å². The van der Waals surface area contributed by atoms with Gasteiger partial charge >= 0.3 is 12.2 Å². The van der Waals surface area contributed by atoms with E-state index in [1.165, 1.54) is 12.1 Å². The number of nitrogens with one attached hydrogen (secondary N) is 1. The molecule has 0 spiro atoms. The smallest absolute Gasteiger partial charge is 0.416 e. The van der Waals surface area contributed by atoms with E-state index in [2.05, 4.69) is 20.3 Å². The fraction of sp³-hybridized carbons (Fsp3) is 0.211. The average Bonchev–Trinajstić information content (AvgIpc) is 2.68. The zero-order chi connectivity index (χ0) is 20.1. The van der Waals surface area contributed by atoms with Crippen LogP contribution in [0.3, 0.4) is 0 Å². The van der Waals surface area contributed by atoms with Gasteiger partial charge in [0.25, 0.3) is 0 Å². The largest absolute Gasteiger partial charge is 0.497 e. The molecule has 0 unspecified atom stereocenters. The minimum Gasteiger partial charge on any atom is -0.497 e. The van der Waals surface area contributed by atoms with E-state index < -0.39 is 11.7 Å². The van der Waals surface area contributed by atoms with Crippen LogP contribution in [0.15, 0.2) is 48.5 Å². The van der Waals surface area contributed by atoms with E-state index >= 15 is 0 Å². The first-order valence-electron chi connectivity index (χ1n) is 8.36. The summed E-state index contributed by atoms with van der Waals surface area (Å²) in [5.74, 6) is 1.06. The number of nitrogens with zero attached hydrogens (tertiary/aromatic N) is 3. The summed E-state index contributed by atoms with van der Waals surface area (Å²) >= 11 is 0. The molecule has 0 aliphatic rings. The van der Waals surface area contributed by atoms with E-state index in [1.807, 2.05) is 0 Å². The van der Waals surface area contributed by atoms with E-state index in [1.54, 1.807) is 38.3 Å². The molecule has 0 saturated heterocycles. The summed E-state index contributed by atoms with van der Waals surface area (Å²) in [5.41, 5.74) is 0.104. The Balaban J connectivity index is 1.95. The molecule has 0 saturated carbocycles. The minimum atomic E-state index is -4.44. The third kappa shape index (κ3) is 4.67. The zero-order valence-electron chi connectivity index (χ0n) is 15.1. The molecular formula is C19H17F3N4O2. The van der Waals surface area contributed by atoms with Crippen LogP contribution >= 0.6 is 0 Å². The number of ether oxygens (including phenoxy) is 2. The van der Waals surface area contributed by atoms with Gasteiger partial charge in [-0.15, -0.1) is 0 Å². The molecule has 0 aliphatic carbocycles. The molecule has 3 rings (SSSR count). The molecule has 9 heteroatoms. The van der Waals surface area contributed by atoms with E-state index in [0.29, 0.717) is 23.7 Å². The van der Waals surface area contributed by atoms with Gasteiger partial charge < -0.3 is 14.8 Å². The molecular weight excluding hydrogens is 373 g/mol. The highest BCUT2D eigenvalue weighted by Crippen LogP contribution is 2.31. The second-order valence-electron chi connectivity index (χ2n) is 5.63. The molecule has 0 amide bonds. The number of halogens is 3. The number of alkyl halides is 3.